The van der Waals surface area contributed by atoms with Crippen molar-refractivity contribution in [3.8, 4) is 0 Å². The van der Waals surface area contributed by atoms with E-state index in [9.17, 15) is 13.2 Å². The fourth-order valence-corrected chi connectivity index (χ4v) is 4.16. The van der Waals surface area contributed by atoms with Crippen LogP contribution in [-0.2, 0) is 14.8 Å². The molecule has 3 rings (SSSR count). The van der Waals surface area contributed by atoms with Gasteiger partial charge in [-0.2, -0.15) is 0 Å². The second-order valence-corrected chi connectivity index (χ2v) is 9.47. The van der Waals surface area contributed by atoms with Gasteiger partial charge in [0.25, 0.3) is 0 Å². The van der Waals surface area contributed by atoms with Crippen LogP contribution in [0.25, 0.3) is 5.70 Å². The minimum Gasteiger partial charge on any atom is -0.441 e. The van der Waals surface area contributed by atoms with E-state index in [0.717, 1.165) is 6.26 Å². The Kier molecular flexibility index (Phi) is 7.30. The highest BCUT2D eigenvalue weighted by atomic mass is 35.5. The van der Waals surface area contributed by atoms with Crippen LogP contribution >= 0.6 is 11.6 Å². The van der Waals surface area contributed by atoms with E-state index in [2.05, 4.69) is 25.5 Å². The Morgan fingerprint density at radius 1 is 1.33 bits per heavy atom. The van der Waals surface area contributed by atoms with Crippen molar-refractivity contribution < 1.29 is 17.9 Å². The van der Waals surface area contributed by atoms with Gasteiger partial charge >= 0.3 is 6.09 Å². The van der Waals surface area contributed by atoms with Gasteiger partial charge < -0.3 is 4.74 Å². The van der Waals surface area contributed by atoms with Crippen LogP contribution in [0.4, 0.5) is 10.5 Å². The van der Waals surface area contributed by atoms with Crippen LogP contribution in [0, 0.1) is 6.92 Å². The van der Waals surface area contributed by atoms with Crippen molar-refractivity contribution in [2.75, 3.05) is 24.6 Å². The Balaban J connectivity index is 1.88. The molecule has 1 aliphatic rings. The smallest absolute Gasteiger partial charge is 0.413 e. The van der Waals surface area contributed by atoms with E-state index in [0.29, 0.717) is 40.7 Å². The van der Waals surface area contributed by atoms with Gasteiger partial charge in [-0.1, -0.05) is 17.7 Å². The normalized spacial score (nSPS) is 15.0. The Morgan fingerprint density at radius 3 is 2.67 bits per heavy atom. The second kappa shape index (κ2) is 9.81. The molecule has 11 nitrogen and oxygen atoms in total. The zero-order valence-corrected chi connectivity index (χ0v) is 20.5. The molecule has 0 bridgehead atoms. The quantitative estimate of drug-likeness (QED) is 0.496. The number of amides is 1. The molecule has 3 heterocycles. The van der Waals surface area contributed by atoms with Gasteiger partial charge in [-0.3, -0.25) is 20.1 Å². The number of aryl methyl sites for hydroxylation is 1. The van der Waals surface area contributed by atoms with Gasteiger partial charge in [0.15, 0.2) is 5.82 Å². The lowest BCUT2D eigenvalue weighted by molar-refractivity contribution is 0.102. The molecule has 0 saturated carbocycles. The number of pyridine rings is 2. The molecule has 0 fully saturated rings. The summed E-state index contributed by atoms with van der Waals surface area (Å²) < 4.78 is 31.1. The zero-order valence-electron chi connectivity index (χ0n) is 18.9. The van der Waals surface area contributed by atoms with Crippen LogP contribution in [0.3, 0.4) is 0 Å². The van der Waals surface area contributed by atoms with E-state index < -0.39 is 22.2 Å². The number of carbonyl (C=O) groups excluding carboxylic acids is 1. The number of halogens is 1. The third kappa shape index (κ3) is 5.83. The molecule has 3 N–H and O–H groups in total. The standard InChI is InChI=1S/C20H26ClN7O4S/c1-6-28-19(24-20(29)32-13(3)14-8-7-11-22-18(14)21)17(27(4)26-28)16-10-9-15(12(2)23-16)25-33(5,30)31/h7-11,13,25-26H,6H2,1-5H3,(H,24,29)/t13-/m1/s1. The third-order valence-corrected chi connectivity index (χ3v) is 5.68. The third-order valence-electron chi connectivity index (χ3n) is 4.77. The number of sulfonamides is 1. The number of nitrogens with one attached hydrogen (secondary N) is 3. The molecule has 0 aromatic carbocycles. The van der Waals surface area contributed by atoms with Crippen LogP contribution < -0.4 is 15.6 Å². The number of hydrogen-bond donors (Lipinski definition) is 3. The molecular weight excluding hydrogens is 470 g/mol. The number of nitrogens with zero attached hydrogens (tertiary/aromatic N) is 4. The molecule has 1 amide bonds. The zero-order chi connectivity index (χ0) is 24.3. The van der Waals surface area contributed by atoms with E-state index in [1.54, 1.807) is 61.4 Å². The van der Waals surface area contributed by atoms with Gasteiger partial charge in [0.2, 0.25) is 10.0 Å². The summed E-state index contributed by atoms with van der Waals surface area (Å²) in [7, 11) is -1.67. The number of carbonyl (C=O) groups is 1. The number of rotatable bonds is 7. The fourth-order valence-electron chi connectivity index (χ4n) is 3.27. The van der Waals surface area contributed by atoms with E-state index in [-0.39, 0.29) is 5.15 Å². The lowest BCUT2D eigenvalue weighted by Crippen LogP contribution is -2.42. The summed E-state index contributed by atoms with van der Waals surface area (Å²) in [5.41, 5.74) is 5.66. The highest BCUT2D eigenvalue weighted by molar-refractivity contribution is 7.92. The minimum atomic E-state index is -3.44. The molecule has 2 aromatic heterocycles. The summed E-state index contributed by atoms with van der Waals surface area (Å²) in [5, 5.41) is 6.46. The lowest BCUT2D eigenvalue weighted by Gasteiger charge is -2.21. The molecule has 0 saturated heterocycles. The van der Waals surface area contributed by atoms with Crippen LogP contribution in [0.2, 0.25) is 5.15 Å². The summed E-state index contributed by atoms with van der Waals surface area (Å²) in [6.07, 6.45) is 1.32. The van der Waals surface area contributed by atoms with Gasteiger partial charge in [-0.25, -0.2) is 23.2 Å². The number of aromatic nitrogens is 2. The van der Waals surface area contributed by atoms with Crippen LogP contribution in [0.1, 0.15) is 36.9 Å². The van der Waals surface area contributed by atoms with Crippen molar-refractivity contribution >= 4 is 39.1 Å². The maximum absolute atomic E-state index is 12.7. The number of anilines is 1. The molecule has 2 aromatic rings. The maximum Gasteiger partial charge on any atom is 0.413 e. The van der Waals surface area contributed by atoms with Crippen molar-refractivity contribution in [3.63, 3.8) is 0 Å². The van der Waals surface area contributed by atoms with Gasteiger partial charge in [-0.15, -0.1) is 5.53 Å². The Hall–Kier alpha value is -3.09. The van der Waals surface area contributed by atoms with Crippen LogP contribution in [-0.4, -0.2) is 54.3 Å². The summed E-state index contributed by atoms with van der Waals surface area (Å²) in [5.74, 6) is 0.435. The highest BCUT2D eigenvalue weighted by Gasteiger charge is 2.30. The molecule has 0 aliphatic carbocycles. The minimum absolute atomic E-state index is 0.262. The largest absolute Gasteiger partial charge is 0.441 e. The Bertz CT molecular complexity index is 1190. The molecule has 1 aliphatic heterocycles. The summed E-state index contributed by atoms with van der Waals surface area (Å²) in [4.78, 5) is 21.2. The van der Waals surface area contributed by atoms with E-state index in [1.807, 2.05) is 6.92 Å². The predicted molar refractivity (Wildman–Crippen MR) is 125 cm³/mol. The van der Waals surface area contributed by atoms with Crippen LogP contribution in [0.5, 0.6) is 0 Å². The number of ether oxygens (including phenoxy) is 1. The van der Waals surface area contributed by atoms with Crippen molar-refractivity contribution in [2.45, 2.75) is 26.9 Å². The highest BCUT2D eigenvalue weighted by Crippen LogP contribution is 2.28. The number of alkyl carbamates (subject to hydrolysis) is 1. The lowest BCUT2D eigenvalue weighted by atomic mass is 10.2. The predicted octanol–water partition coefficient (Wildman–Crippen LogP) is 2.61. The summed E-state index contributed by atoms with van der Waals surface area (Å²) in [6.45, 7) is 5.83. The first-order valence-corrected chi connectivity index (χ1v) is 12.3. The SMILES string of the molecule is CCN1NN(C)C(c2ccc(NS(C)(=O)=O)c(C)n2)=C1NC(=O)O[C@H](C)c1cccnc1Cl. The van der Waals surface area contributed by atoms with Gasteiger partial charge in [0.1, 0.15) is 17.0 Å². The summed E-state index contributed by atoms with van der Waals surface area (Å²) in [6, 6.07) is 6.74. The van der Waals surface area contributed by atoms with Gasteiger partial charge in [0.05, 0.1) is 23.3 Å². The first-order chi connectivity index (χ1) is 15.5. The molecule has 13 heteroatoms. The number of hydrazine groups is 2. The molecule has 33 heavy (non-hydrogen) atoms. The average Bonchev–Trinajstić information content (AvgIpc) is 3.03. The first kappa shape index (κ1) is 24.6. The van der Waals surface area contributed by atoms with Gasteiger partial charge in [0, 0.05) is 25.4 Å². The molecule has 0 spiro atoms. The van der Waals surface area contributed by atoms with Gasteiger partial charge in [-0.05, 0) is 39.0 Å². The molecular formula is C20H26ClN7O4S. The van der Waals surface area contributed by atoms with E-state index in [1.165, 1.54) is 0 Å². The Morgan fingerprint density at radius 2 is 2.06 bits per heavy atom. The van der Waals surface area contributed by atoms with E-state index >= 15 is 0 Å². The van der Waals surface area contributed by atoms with Crippen molar-refractivity contribution in [2.24, 2.45) is 0 Å². The molecule has 178 valence electrons. The molecule has 0 unspecified atom stereocenters. The Labute approximate surface area is 197 Å². The molecule has 1 atom stereocenters. The summed E-state index contributed by atoms with van der Waals surface area (Å²) >= 11 is 6.10. The molecule has 0 radical (unpaired) electrons. The second-order valence-electron chi connectivity index (χ2n) is 7.36. The monoisotopic (exact) mass is 495 g/mol. The maximum atomic E-state index is 12.7. The van der Waals surface area contributed by atoms with E-state index in [4.69, 9.17) is 16.3 Å². The number of hydrogen-bond acceptors (Lipinski definition) is 9. The fraction of sp³-hybridized carbons (Fsp3) is 0.350. The van der Waals surface area contributed by atoms with Crippen LogP contribution in [0.15, 0.2) is 36.3 Å². The topological polar surface area (TPSA) is 129 Å². The first-order valence-electron chi connectivity index (χ1n) is 10.1. The van der Waals surface area contributed by atoms with Crippen molar-refractivity contribution in [3.05, 3.63) is 58.4 Å². The van der Waals surface area contributed by atoms with Crippen molar-refractivity contribution in [1.82, 2.24) is 30.8 Å². The van der Waals surface area contributed by atoms with Crippen molar-refractivity contribution in [1.29, 1.82) is 0 Å². The average molecular weight is 496 g/mol.